The molecular weight excluding hydrogens is 1750 g/mol. The molecule has 0 aliphatic carbocycles. The Balaban J connectivity index is 0.000000155. The summed E-state index contributed by atoms with van der Waals surface area (Å²) in [7, 11) is 8.24. The number of hydrogen-bond donors (Lipinski definition) is 2. The Kier molecular flexibility index (Phi) is 38.0. The minimum atomic E-state index is 0.00496. The highest BCUT2D eigenvalue weighted by atomic mass is 16.5. The molecule has 30 heteroatoms. The van der Waals surface area contributed by atoms with Crippen LogP contribution in [0.3, 0.4) is 0 Å². The summed E-state index contributed by atoms with van der Waals surface area (Å²) < 4.78 is 83.8. The summed E-state index contributed by atoms with van der Waals surface area (Å²) in [5, 5.41) is 39.2. The molecule has 0 bridgehead atoms. The Hall–Kier alpha value is -14.3. The summed E-state index contributed by atoms with van der Waals surface area (Å²) in [6.07, 6.45) is 2.61. The van der Waals surface area contributed by atoms with Crippen molar-refractivity contribution < 1.29 is 80.2 Å². The molecule has 1 aliphatic heterocycles. The summed E-state index contributed by atoms with van der Waals surface area (Å²) in [4.78, 5) is 29.6. The van der Waals surface area contributed by atoms with E-state index in [0.717, 1.165) is 103 Å². The van der Waals surface area contributed by atoms with Gasteiger partial charge in [0, 0.05) is 75.3 Å². The molecule has 0 unspecified atom stereocenters. The number of ether oxygens (including phenoxy) is 10. The van der Waals surface area contributed by atoms with Crippen molar-refractivity contribution in [2.75, 3.05) is 107 Å². The zero-order valence-corrected chi connectivity index (χ0v) is 82.6. The number of aromatic nitrogens is 10. The minimum absolute atomic E-state index is 0.00496. The summed E-state index contributed by atoms with van der Waals surface area (Å²) in [6.45, 7) is 40.4. The van der Waals surface area contributed by atoms with Crippen molar-refractivity contribution in [2.24, 2.45) is 0 Å². The van der Waals surface area contributed by atoms with Crippen molar-refractivity contribution in [3.8, 4) is 172 Å². The van der Waals surface area contributed by atoms with E-state index in [2.05, 4.69) is 157 Å². The topological polar surface area (TPSA) is 337 Å². The van der Waals surface area contributed by atoms with Crippen LogP contribution in [0.15, 0.2) is 205 Å². The van der Waals surface area contributed by atoms with Gasteiger partial charge in [-0.15, -0.1) is 0 Å². The van der Waals surface area contributed by atoms with Crippen LogP contribution in [0.5, 0.6) is 57.5 Å². The number of aryl methyl sites for hydroxylation is 5. The van der Waals surface area contributed by atoms with Crippen LogP contribution in [-0.4, -0.2) is 183 Å². The van der Waals surface area contributed by atoms with Crippen molar-refractivity contribution in [3.63, 3.8) is 0 Å². The lowest BCUT2D eigenvalue weighted by molar-refractivity contribution is 0.281. The molecule has 138 heavy (non-hydrogen) atoms. The first kappa shape index (κ1) is 103. The van der Waals surface area contributed by atoms with Gasteiger partial charge in [-0.3, -0.25) is 4.90 Å². The Labute approximate surface area is 807 Å². The van der Waals surface area contributed by atoms with Gasteiger partial charge in [0.1, 0.15) is 0 Å². The van der Waals surface area contributed by atoms with Gasteiger partial charge in [0.25, 0.3) is 29.5 Å². The maximum Gasteiger partial charge on any atom is 0.258 e. The van der Waals surface area contributed by atoms with Gasteiger partial charge in [0.15, 0.2) is 57.5 Å². The third-order valence-corrected chi connectivity index (χ3v) is 21.9. The Bertz CT molecular complexity index is 6410. The minimum Gasteiger partial charge on any atom is -0.490 e. The summed E-state index contributed by atoms with van der Waals surface area (Å²) in [5.41, 5.74) is 19.7. The first-order valence-electron chi connectivity index (χ1n) is 46.9. The molecule has 1 fully saturated rings. The molecule has 2 N–H and O–H groups in total. The average molecular weight is 1880 g/mol. The van der Waals surface area contributed by atoms with Crippen molar-refractivity contribution in [1.29, 1.82) is 0 Å². The number of likely N-dealkylation sites (tertiary alicyclic amines) is 1. The van der Waals surface area contributed by atoms with E-state index in [1.807, 2.05) is 223 Å². The summed E-state index contributed by atoms with van der Waals surface area (Å²) >= 11 is 0. The standard InChI is InChI=1S/C24H29N3O3.2C22H27N3O3.2C20H22N2O4/c1-4-28-21-11-10-19(15-22(21)29-5-2)24-25-23(26-30-24)18-8-9-20(17(3)14-18)16-27-12-6-7-13-27;1-6-26-19-11-9-17(13-20(19)27-7-2)22-23-21(24-28-22)18-10-8-16(12-15(18)3)14-25(4)5;1-6-26-19-11-10-17(13-20(19)27-7-2)22-23-21(24-28-22)16-8-9-18(14-25(4)5)15(3)12-16;1-4-24-17-9-7-15(11-18(17)25-5-2)20-21-19(22-26-20)16-8-6-14(12-23)10-13(16)3;1-4-24-17-9-8-15(11-18(17)25-5-2)20-21-19(22-26-20)14-6-7-16(12-23)13(3)10-14/h8-11,14-15H,4-7,12-13,16H2,1-3H3;2*8-13H,6-7,14H2,1-5H3;2*6-11,23H,4-5,12H2,1-3H3. The van der Waals surface area contributed by atoms with E-state index in [-0.39, 0.29) is 13.2 Å². The van der Waals surface area contributed by atoms with Crippen LogP contribution in [0, 0.1) is 34.6 Å². The highest BCUT2D eigenvalue weighted by Gasteiger charge is 2.24. The quantitative estimate of drug-likeness (QED) is 0.0363. The third-order valence-electron chi connectivity index (χ3n) is 21.9. The summed E-state index contributed by atoms with van der Waals surface area (Å²) in [6, 6.07) is 58.3. The second-order valence-electron chi connectivity index (χ2n) is 32.8. The van der Waals surface area contributed by atoms with Crippen LogP contribution < -0.4 is 47.4 Å². The van der Waals surface area contributed by atoms with Gasteiger partial charge < -0.3 is 90.0 Å². The maximum atomic E-state index is 9.29. The molecule has 5 aromatic heterocycles. The molecule has 6 heterocycles. The van der Waals surface area contributed by atoms with E-state index < -0.39 is 0 Å². The molecule has 726 valence electrons. The molecule has 0 atom stereocenters. The fourth-order valence-corrected chi connectivity index (χ4v) is 15.3. The van der Waals surface area contributed by atoms with Crippen LogP contribution in [0.2, 0.25) is 0 Å². The van der Waals surface area contributed by atoms with E-state index in [1.54, 1.807) is 0 Å². The molecule has 16 rings (SSSR count). The fourth-order valence-electron chi connectivity index (χ4n) is 15.3. The van der Waals surface area contributed by atoms with Crippen LogP contribution in [0.25, 0.3) is 114 Å². The zero-order valence-electron chi connectivity index (χ0n) is 82.6. The monoisotopic (exact) mass is 1880 g/mol. The summed E-state index contributed by atoms with van der Waals surface area (Å²) in [5.74, 6) is 11.8. The van der Waals surface area contributed by atoms with E-state index >= 15 is 0 Å². The molecule has 15 aromatic rings. The maximum absolute atomic E-state index is 9.29. The van der Waals surface area contributed by atoms with Crippen molar-refractivity contribution in [1.82, 2.24) is 65.4 Å². The van der Waals surface area contributed by atoms with Crippen molar-refractivity contribution in [2.45, 2.75) is 150 Å². The van der Waals surface area contributed by atoms with Crippen LogP contribution >= 0.6 is 0 Å². The number of aliphatic hydroxyl groups is 2. The van der Waals surface area contributed by atoms with Crippen LogP contribution in [0.4, 0.5) is 0 Å². The van der Waals surface area contributed by atoms with Gasteiger partial charge in [-0.05, 0) is 323 Å². The third kappa shape index (κ3) is 27.5. The first-order chi connectivity index (χ1) is 67.0. The Morgan fingerprint density at radius 1 is 0.268 bits per heavy atom. The van der Waals surface area contributed by atoms with E-state index in [1.165, 1.54) is 53.7 Å². The molecule has 0 spiro atoms. The second-order valence-corrected chi connectivity index (χ2v) is 32.8. The largest absolute Gasteiger partial charge is 0.490 e. The molecule has 30 nitrogen and oxygen atoms in total. The van der Waals surface area contributed by atoms with Crippen molar-refractivity contribution >= 4 is 0 Å². The van der Waals surface area contributed by atoms with Gasteiger partial charge in [0.2, 0.25) is 29.1 Å². The molecule has 10 aromatic carbocycles. The first-order valence-corrected chi connectivity index (χ1v) is 46.9. The number of benzene rings is 10. The molecular formula is C108H127N13O17. The van der Waals surface area contributed by atoms with E-state index in [0.29, 0.717) is 182 Å². The molecule has 1 saturated heterocycles. The number of nitrogens with zero attached hydrogens (tertiary/aromatic N) is 13. The zero-order chi connectivity index (χ0) is 98.2. The van der Waals surface area contributed by atoms with Gasteiger partial charge in [-0.2, -0.15) is 24.9 Å². The van der Waals surface area contributed by atoms with Crippen LogP contribution in [-0.2, 0) is 32.8 Å². The van der Waals surface area contributed by atoms with E-state index in [4.69, 9.17) is 70.0 Å². The van der Waals surface area contributed by atoms with Gasteiger partial charge in [-0.25, -0.2) is 0 Å². The fraction of sp³-hybridized carbons (Fsp3) is 0.352. The lowest BCUT2D eigenvalue weighted by atomic mass is 10.0. The number of hydrogen-bond acceptors (Lipinski definition) is 30. The second kappa shape index (κ2) is 51.0. The van der Waals surface area contributed by atoms with Crippen LogP contribution in [0.1, 0.15) is 138 Å². The van der Waals surface area contributed by atoms with Gasteiger partial charge >= 0.3 is 0 Å². The molecule has 0 amide bonds. The molecule has 0 saturated carbocycles. The normalized spacial score (nSPS) is 11.6. The average Bonchev–Trinajstić information content (AvgIpc) is 1.68. The number of aliphatic hydroxyl groups excluding tert-OH is 2. The Morgan fingerprint density at radius 3 is 0.819 bits per heavy atom. The van der Waals surface area contributed by atoms with Gasteiger partial charge in [0.05, 0.1) is 79.3 Å². The van der Waals surface area contributed by atoms with E-state index in [9.17, 15) is 10.2 Å². The van der Waals surface area contributed by atoms with Gasteiger partial charge in [-0.1, -0.05) is 98.6 Å². The lowest BCUT2D eigenvalue weighted by Gasteiger charge is -2.16. The number of rotatable bonds is 38. The highest BCUT2D eigenvalue weighted by Crippen LogP contribution is 2.41. The molecule has 0 radical (unpaired) electrons. The highest BCUT2D eigenvalue weighted by molar-refractivity contribution is 5.71. The smallest absolute Gasteiger partial charge is 0.258 e. The van der Waals surface area contributed by atoms with Crippen molar-refractivity contribution in [3.05, 3.63) is 238 Å². The predicted octanol–water partition coefficient (Wildman–Crippen LogP) is 22.3. The lowest BCUT2D eigenvalue weighted by Crippen LogP contribution is -2.18. The SMILES string of the molecule is CCOc1ccc(-c2nc(-c3ccc(CN(C)C)c(C)c3)no2)cc1OCC.CCOc1ccc(-c2nc(-c3ccc(CN(C)C)cc3C)no2)cc1OCC.CCOc1ccc(-c2nc(-c3ccc(CN4CCCC4)c(C)c3)no2)cc1OCC.CCOc1ccc(-c2nc(-c3ccc(CO)c(C)c3)no2)cc1OCC.CCOc1ccc(-c2nc(-c3ccc(CO)cc3C)no2)cc1OCC. The molecule has 1 aliphatic rings. The predicted molar refractivity (Wildman–Crippen MR) is 532 cm³/mol. The Morgan fingerprint density at radius 2 is 0.536 bits per heavy atom.